The van der Waals surface area contributed by atoms with Crippen molar-refractivity contribution in [3.8, 4) is 0 Å². The Hall–Kier alpha value is -1.91. The number of pyridine rings is 1. The van der Waals surface area contributed by atoms with Crippen LogP contribution < -0.4 is 5.32 Å². The minimum atomic E-state index is -0.993. The highest BCUT2D eigenvalue weighted by molar-refractivity contribution is 5.85. The van der Waals surface area contributed by atoms with E-state index in [1.165, 1.54) is 0 Å². The monoisotopic (exact) mass is 250 g/mol. The lowest BCUT2D eigenvalue weighted by Crippen LogP contribution is -2.45. The number of aliphatic carboxylic acids is 1. The van der Waals surface area contributed by atoms with E-state index < -0.39 is 12.0 Å². The molecule has 0 radical (unpaired) electrons. The van der Waals surface area contributed by atoms with E-state index in [2.05, 4.69) is 10.3 Å². The fourth-order valence-corrected chi connectivity index (χ4v) is 1.59. The van der Waals surface area contributed by atoms with E-state index in [0.717, 1.165) is 5.56 Å². The molecule has 1 unspecified atom stereocenters. The van der Waals surface area contributed by atoms with Crippen molar-refractivity contribution in [1.29, 1.82) is 0 Å². The van der Waals surface area contributed by atoms with Gasteiger partial charge in [0, 0.05) is 12.4 Å². The SMILES string of the molecule is CCC(C)[C@H](NC(=O)Cc1ccncc1)C(=O)O. The van der Waals surface area contributed by atoms with Gasteiger partial charge in [-0.3, -0.25) is 9.78 Å². The maximum atomic E-state index is 11.8. The number of carbonyl (C=O) groups excluding carboxylic acids is 1. The predicted molar refractivity (Wildman–Crippen MR) is 67.0 cm³/mol. The van der Waals surface area contributed by atoms with E-state index in [1.54, 1.807) is 24.5 Å². The molecule has 1 aromatic rings. The maximum absolute atomic E-state index is 11.8. The van der Waals surface area contributed by atoms with Gasteiger partial charge in [0.15, 0.2) is 0 Å². The molecule has 1 rings (SSSR count). The van der Waals surface area contributed by atoms with Crippen molar-refractivity contribution in [1.82, 2.24) is 10.3 Å². The van der Waals surface area contributed by atoms with Gasteiger partial charge in [-0.15, -0.1) is 0 Å². The molecule has 2 N–H and O–H groups in total. The Morgan fingerprint density at radius 3 is 2.50 bits per heavy atom. The number of hydrogen-bond donors (Lipinski definition) is 2. The molecule has 0 aliphatic rings. The van der Waals surface area contributed by atoms with Crippen LogP contribution >= 0.6 is 0 Å². The Labute approximate surface area is 106 Å². The minimum absolute atomic E-state index is 0.0936. The normalized spacial score (nSPS) is 13.7. The van der Waals surface area contributed by atoms with Crippen molar-refractivity contribution in [2.45, 2.75) is 32.7 Å². The first kappa shape index (κ1) is 14.2. The van der Waals surface area contributed by atoms with Crippen molar-refractivity contribution in [3.63, 3.8) is 0 Å². The highest BCUT2D eigenvalue weighted by atomic mass is 16.4. The molecular weight excluding hydrogens is 232 g/mol. The molecule has 1 heterocycles. The summed E-state index contributed by atoms with van der Waals surface area (Å²) in [5.41, 5.74) is 0.816. The summed E-state index contributed by atoms with van der Waals surface area (Å²) in [6, 6.07) is 2.64. The van der Waals surface area contributed by atoms with Gasteiger partial charge >= 0.3 is 5.97 Å². The number of carboxylic acid groups (broad SMARTS) is 1. The average Bonchev–Trinajstić information content (AvgIpc) is 2.36. The van der Waals surface area contributed by atoms with Crippen LogP contribution in [0, 0.1) is 5.92 Å². The number of carbonyl (C=O) groups is 2. The van der Waals surface area contributed by atoms with E-state index in [4.69, 9.17) is 5.11 Å². The van der Waals surface area contributed by atoms with Gasteiger partial charge < -0.3 is 10.4 Å². The van der Waals surface area contributed by atoms with E-state index in [0.29, 0.717) is 6.42 Å². The van der Waals surface area contributed by atoms with Gasteiger partial charge in [0.05, 0.1) is 6.42 Å². The number of rotatable bonds is 6. The Morgan fingerprint density at radius 1 is 1.39 bits per heavy atom. The molecule has 0 saturated heterocycles. The molecule has 0 spiro atoms. The van der Waals surface area contributed by atoms with Crippen LogP contribution in [0.2, 0.25) is 0 Å². The van der Waals surface area contributed by atoms with Gasteiger partial charge in [-0.05, 0) is 23.6 Å². The van der Waals surface area contributed by atoms with Gasteiger partial charge in [-0.25, -0.2) is 4.79 Å². The number of nitrogens with zero attached hydrogens (tertiary/aromatic N) is 1. The molecule has 98 valence electrons. The van der Waals surface area contributed by atoms with Crippen LogP contribution in [0.5, 0.6) is 0 Å². The molecule has 2 atom stereocenters. The van der Waals surface area contributed by atoms with Crippen molar-refractivity contribution in [2.75, 3.05) is 0 Å². The summed E-state index contributed by atoms with van der Waals surface area (Å²) in [7, 11) is 0. The molecule has 18 heavy (non-hydrogen) atoms. The summed E-state index contributed by atoms with van der Waals surface area (Å²) in [5, 5.41) is 11.6. The quantitative estimate of drug-likeness (QED) is 0.796. The third kappa shape index (κ3) is 4.16. The van der Waals surface area contributed by atoms with Crippen molar-refractivity contribution in [2.24, 2.45) is 5.92 Å². The molecule has 1 aromatic heterocycles. The Kier molecular flexibility index (Phi) is 5.30. The summed E-state index contributed by atoms with van der Waals surface area (Å²) >= 11 is 0. The molecule has 0 saturated carbocycles. The first-order valence-corrected chi connectivity index (χ1v) is 5.95. The smallest absolute Gasteiger partial charge is 0.326 e. The molecule has 5 heteroatoms. The summed E-state index contributed by atoms with van der Waals surface area (Å²) in [4.78, 5) is 26.7. The fourth-order valence-electron chi connectivity index (χ4n) is 1.59. The Balaban J connectivity index is 2.60. The summed E-state index contributed by atoms with van der Waals surface area (Å²) < 4.78 is 0. The zero-order valence-electron chi connectivity index (χ0n) is 10.6. The van der Waals surface area contributed by atoms with Gasteiger partial charge in [0.1, 0.15) is 6.04 Å². The van der Waals surface area contributed by atoms with Crippen LogP contribution in [0.4, 0.5) is 0 Å². The van der Waals surface area contributed by atoms with E-state index in [-0.39, 0.29) is 18.2 Å². The van der Waals surface area contributed by atoms with Crippen LogP contribution in [0.1, 0.15) is 25.8 Å². The standard InChI is InChI=1S/C13H18N2O3/c1-3-9(2)12(13(17)18)15-11(16)8-10-4-6-14-7-5-10/h4-7,9,12H,3,8H2,1-2H3,(H,15,16)(H,17,18)/t9?,12-/m0/s1. The van der Waals surface area contributed by atoms with Gasteiger partial charge in [-0.1, -0.05) is 20.3 Å². The predicted octanol–water partition coefficient (Wildman–Crippen LogP) is 1.24. The second kappa shape index (κ2) is 6.74. The van der Waals surface area contributed by atoms with Crippen LogP contribution in [0.3, 0.4) is 0 Å². The average molecular weight is 250 g/mol. The largest absolute Gasteiger partial charge is 0.480 e. The molecular formula is C13H18N2O3. The minimum Gasteiger partial charge on any atom is -0.480 e. The topological polar surface area (TPSA) is 79.3 Å². The number of hydrogen-bond acceptors (Lipinski definition) is 3. The zero-order chi connectivity index (χ0) is 13.5. The number of carboxylic acids is 1. The van der Waals surface area contributed by atoms with Gasteiger partial charge in [0.25, 0.3) is 0 Å². The molecule has 0 aromatic carbocycles. The molecule has 5 nitrogen and oxygen atoms in total. The second-order valence-corrected chi connectivity index (χ2v) is 4.30. The maximum Gasteiger partial charge on any atom is 0.326 e. The van der Waals surface area contributed by atoms with E-state index in [1.807, 2.05) is 13.8 Å². The molecule has 0 aliphatic heterocycles. The zero-order valence-corrected chi connectivity index (χ0v) is 10.6. The number of aromatic nitrogens is 1. The first-order valence-electron chi connectivity index (χ1n) is 5.95. The molecule has 0 bridgehead atoms. The lowest BCUT2D eigenvalue weighted by molar-refractivity contribution is -0.143. The van der Waals surface area contributed by atoms with Gasteiger partial charge in [0.2, 0.25) is 5.91 Å². The molecule has 0 aliphatic carbocycles. The van der Waals surface area contributed by atoms with E-state index in [9.17, 15) is 9.59 Å². The van der Waals surface area contributed by atoms with Crippen LogP contribution in [0.15, 0.2) is 24.5 Å². The summed E-state index contributed by atoms with van der Waals surface area (Å²) in [6.45, 7) is 3.71. The Bertz CT molecular complexity index is 406. The summed E-state index contributed by atoms with van der Waals surface area (Å²) in [5.74, 6) is -1.37. The fraction of sp³-hybridized carbons (Fsp3) is 0.462. The summed E-state index contributed by atoms with van der Waals surface area (Å²) in [6.07, 6.45) is 4.08. The Morgan fingerprint density at radius 2 is 2.00 bits per heavy atom. The highest BCUT2D eigenvalue weighted by Gasteiger charge is 2.25. The van der Waals surface area contributed by atoms with Gasteiger partial charge in [-0.2, -0.15) is 0 Å². The van der Waals surface area contributed by atoms with Crippen LogP contribution in [-0.4, -0.2) is 28.0 Å². The highest BCUT2D eigenvalue weighted by Crippen LogP contribution is 2.08. The molecule has 1 amide bonds. The third-order valence-corrected chi connectivity index (χ3v) is 2.91. The van der Waals surface area contributed by atoms with Crippen molar-refractivity contribution >= 4 is 11.9 Å². The van der Waals surface area contributed by atoms with Crippen LogP contribution in [-0.2, 0) is 16.0 Å². The van der Waals surface area contributed by atoms with E-state index >= 15 is 0 Å². The lowest BCUT2D eigenvalue weighted by Gasteiger charge is -2.20. The second-order valence-electron chi connectivity index (χ2n) is 4.30. The van der Waals surface area contributed by atoms with Crippen molar-refractivity contribution in [3.05, 3.63) is 30.1 Å². The number of nitrogens with one attached hydrogen (secondary N) is 1. The third-order valence-electron chi connectivity index (χ3n) is 2.91. The number of amides is 1. The molecule has 0 fully saturated rings. The van der Waals surface area contributed by atoms with Crippen molar-refractivity contribution < 1.29 is 14.7 Å². The first-order chi connectivity index (χ1) is 8.54. The lowest BCUT2D eigenvalue weighted by atomic mass is 9.99. The van der Waals surface area contributed by atoms with Crippen LogP contribution in [0.25, 0.3) is 0 Å².